The zero-order valence-corrected chi connectivity index (χ0v) is 14.6. The van der Waals surface area contributed by atoms with Gasteiger partial charge in [0.25, 0.3) is 5.91 Å². The molecule has 0 aliphatic carbocycles. The highest BCUT2D eigenvalue weighted by atomic mass is 35.5. The summed E-state index contributed by atoms with van der Waals surface area (Å²) in [6, 6.07) is 10.6. The second-order valence-electron chi connectivity index (χ2n) is 5.76. The first-order valence-electron chi connectivity index (χ1n) is 8.23. The quantitative estimate of drug-likeness (QED) is 0.763. The Morgan fingerprint density at radius 2 is 2.20 bits per heavy atom. The van der Waals surface area contributed by atoms with E-state index in [-0.39, 0.29) is 5.91 Å². The van der Waals surface area contributed by atoms with Gasteiger partial charge >= 0.3 is 0 Å². The van der Waals surface area contributed by atoms with E-state index in [9.17, 15) is 4.79 Å². The van der Waals surface area contributed by atoms with Gasteiger partial charge in [0, 0.05) is 23.5 Å². The molecule has 2 N–H and O–H groups in total. The maximum Gasteiger partial charge on any atom is 0.257 e. The van der Waals surface area contributed by atoms with E-state index in [1.807, 2.05) is 6.07 Å². The van der Waals surface area contributed by atoms with Crippen molar-refractivity contribution in [1.82, 2.24) is 4.98 Å². The number of nitrogens with zero attached hydrogens (tertiary/aromatic N) is 1. The summed E-state index contributed by atoms with van der Waals surface area (Å²) in [5.41, 5.74) is 2.57. The topological polar surface area (TPSA) is 63.2 Å². The van der Waals surface area contributed by atoms with Crippen molar-refractivity contribution < 1.29 is 9.53 Å². The molecule has 130 valence electrons. The summed E-state index contributed by atoms with van der Waals surface area (Å²) in [4.78, 5) is 16.5. The van der Waals surface area contributed by atoms with Gasteiger partial charge in [-0.25, -0.2) is 4.98 Å². The van der Waals surface area contributed by atoms with Crippen molar-refractivity contribution in [1.29, 1.82) is 0 Å². The number of halogens is 1. The number of hydrogen-bond acceptors (Lipinski definition) is 4. The van der Waals surface area contributed by atoms with Gasteiger partial charge in [0.15, 0.2) is 0 Å². The molecule has 1 amide bonds. The Labute approximate surface area is 152 Å². The van der Waals surface area contributed by atoms with E-state index < -0.39 is 0 Å². The number of benzene rings is 1. The minimum absolute atomic E-state index is 0.214. The van der Waals surface area contributed by atoms with Gasteiger partial charge in [-0.3, -0.25) is 4.79 Å². The van der Waals surface area contributed by atoms with Gasteiger partial charge in [-0.15, -0.1) is 0 Å². The summed E-state index contributed by atoms with van der Waals surface area (Å²) in [6.45, 7) is 2.33. The van der Waals surface area contributed by atoms with E-state index in [0.717, 1.165) is 31.8 Å². The van der Waals surface area contributed by atoms with Crippen molar-refractivity contribution in [3.05, 3.63) is 64.8 Å². The van der Waals surface area contributed by atoms with Crippen molar-refractivity contribution in [3.8, 4) is 0 Å². The fraction of sp³-hybridized carbons (Fsp3) is 0.263. The van der Waals surface area contributed by atoms with Crippen LogP contribution < -0.4 is 10.6 Å². The molecule has 0 saturated carbocycles. The highest BCUT2D eigenvalue weighted by Gasteiger charge is 2.08. The third-order valence-electron chi connectivity index (χ3n) is 3.92. The minimum Gasteiger partial charge on any atom is -0.377 e. The molecule has 1 aromatic carbocycles. The standard InChI is InChI=1S/C19H20ClN3O2/c20-16-2-1-3-17(12-16)23-19(24)15-4-5-18(22-13-15)21-9-6-14-7-10-25-11-8-14/h1-5,7,12-13H,6,8-11H2,(H,21,22)(H,23,24). The van der Waals surface area contributed by atoms with Crippen LogP contribution in [0.15, 0.2) is 54.2 Å². The molecule has 2 heterocycles. The lowest BCUT2D eigenvalue weighted by Crippen LogP contribution is -2.13. The van der Waals surface area contributed by atoms with E-state index >= 15 is 0 Å². The van der Waals surface area contributed by atoms with Crippen molar-refractivity contribution in [2.45, 2.75) is 12.8 Å². The van der Waals surface area contributed by atoms with Crippen LogP contribution in [-0.2, 0) is 4.74 Å². The monoisotopic (exact) mass is 357 g/mol. The fourth-order valence-electron chi connectivity index (χ4n) is 2.55. The molecule has 0 radical (unpaired) electrons. The van der Waals surface area contributed by atoms with Crippen LogP contribution in [0.1, 0.15) is 23.2 Å². The van der Waals surface area contributed by atoms with E-state index in [2.05, 4.69) is 21.7 Å². The second kappa shape index (κ2) is 8.65. The highest BCUT2D eigenvalue weighted by Crippen LogP contribution is 2.16. The average molecular weight is 358 g/mol. The first kappa shape index (κ1) is 17.5. The van der Waals surface area contributed by atoms with Crippen LogP contribution in [0.25, 0.3) is 0 Å². The predicted molar refractivity (Wildman–Crippen MR) is 100 cm³/mol. The number of ether oxygens (including phenoxy) is 1. The van der Waals surface area contributed by atoms with Crippen molar-refractivity contribution in [2.24, 2.45) is 0 Å². The van der Waals surface area contributed by atoms with Gasteiger partial charge in [0.05, 0.1) is 18.8 Å². The molecular weight excluding hydrogens is 338 g/mol. The van der Waals surface area contributed by atoms with Crippen LogP contribution >= 0.6 is 11.6 Å². The van der Waals surface area contributed by atoms with Crippen LogP contribution in [0.4, 0.5) is 11.5 Å². The van der Waals surface area contributed by atoms with Gasteiger partial charge in [-0.05, 0) is 43.2 Å². The number of hydrogen-bond donors (Lipinski definition) is 2. The summed E-state index contributed by atoms with van der Waals surface area (Å²) in [5.74, 6) is 0.542. The normalized spacial score (nSPS) is 13.9. The van der Waals surface area contributed by atoms with Gasteiger partial charge in [0.2, 0.25) is 0 Å². The third kappa shape index (κ3) is 5.31. The SMILES string of the molecule is O=C(Nc1cccc(Cl)c1)c1ccc(NCCC2=CCOCC2)nc1. The van der Waals surface area contributed by atoms with Gasteiger partial charge in [0.1, 0.15) is 5.82 Å². The lowest BCUT2D eigenvalue weighted by Gasteiger charge is -2.14. The summed E-state index contributed by atoms with van der Waals surface area (Å²) in [7, 11) is 0. The van der Waals surface area contributed by atoms with E-state index in [1.165, 1.54) is 5.57 Å². The Morgan fingerprint density at radius 3 is 2.92 bits per heavy atom. The molecule has 1 aliphatic rings. The molecular formula is C19H20ClN3O2. The molecule has 0 fully saturated rings. The predicted octanol–water partition coefficient (Wildman–Crippen LogP) is 4.14. The molecule has 0 spiro atoms. The molecule has 1 aromatic heterocycles. The highest BCUT2D eigenvalue weighted by molar-refractivity contribution is 6.30. The molecule has 3 rings (SSSR count). The zero-order valence-electron chi connectivity index (χ0n) is 13.8. The number of carbonyl (C=O) groups excluding carboxylic acids is 1. The number of aromatic nitrogens is 1. The van der Waals surface area contributed by atoms with E-state index in [0.29, 0.717) is 22.9 Å². The number of pyridine rings is 1. The smallest absolute Gasteiger partial charge is 0.257 e. The number of anilines is 2. The summed E-state index contributed by atoms with van der Waals surface area (Å²) < 4.78 is 5.29. The van der Waals surface area contributed by atoms with Crippen molar-refractivity contribution >= 4 is 29.0 Å². The second-order valence-corrected chi connectivity index (χ2v) is 6.20. The lowest BCUT2D eigenvalue weighted by molar-refractivity contribution is 0.102. The third-order valence-corrected chi connectivity index (χ3v) is 4.15. The number of carbonyl (C=O) groups is 1. The van der Waals surface area contributed by atoms with E-state index in [4.69, 9.17) is 16.3 Å². The molecule has 5 nitrogen and oxygen atoms in total. The molecule has 0 bridgehead atoms. The number of amides is 1. The van der Waals surface area contributed by atoms with E-state index in [1.54, 1.807) is 36.5 Å². The Bertz CT molecular complexity index is 760. The van der Waals surface area contributed by atoms with Gasteiger partial charge in [-0.1, -0.05) is 29.3 Å². The van der Waals surface area contributed by atoms with Crippen molar-refractivity contribution in [3.63, 3.8) is 0 Å². The Balaban J connectivity index is 1.51. The number of rotatable bonds is 6. The van der Waals surface area contributed by atoms with Crippen LogP contribution in [-0.4, -0.2) is 30.6 Å². The van der Waals surface area contributed by atoms with Crippen LogP contribution in [0, 0.1) is 0 Å². The molecule has 2 aromatic rings. The molecule has 0 saturated heterocycles. The summed E-state index contributed by atoms with van der Waals surface area (Å²) in [6.07, 6.45) is 5.68. The van der Waals surface area contributed by atoms with Gasteiger partial charge in [-0.2, -0.15) is 0 Å². The zero-order chi connectivity index (χ0) is 17.5. The first-order chi connectivity index (χ1) is 12.2. The average Bonchev–Trinajstić information content (AvgIpc) is 2.63. The molecule has 0 atom stereocenters. The first-order valence-corrected chi connectivity index (χ1v) is 8.61. The molecule has 6 heteroatoms. The minimum atomic E-state index is -0.214. The van der Waals surface area contributed by atoms with Crippen molar-refractivity contribution in [2.75, 3.05) is 30.4 Å². The fourth-order valence-corrected chi connectivity index (χ4v) is 2.74. The largest absolute Gasteiger partial charge is 0.377 e. The Hall–Kier alpha value is -2.37. The Morgan fingerprint density at radius 1 is 1.28 bits per heavy atom. The molecule has 1 aliphatic heterocycles. The summed E-state index contributed by atoms with van der Waals surface area (Å²) >= 11 is 5.92. The molecule has 25 heavy (non-hydrogen) atoms. The maximum atomic E-state index is 12.2. The van der Waals surface area contributed by atoms with Crippen LogP contribution in [0.3, 0.4) is 0 Å². The van der Waals surface area contributed by atoms with Crippen LogP contribution in [0.5, 0.6) is 0 Å². The number of nitrogens with one attached hydrogen (secondary N) is 2. The lowest BCUT2D eigenvalue weighted by atomic mass is 10.1. The summed E-state index contributed by atoms with van der Waals surface area (Å²) in [5, 5.41) is 6.65. The maximum absolute atomic E-state index is 12.2. The molecule has 0 unspecified atom stereocenters. The van der Waals surface area contributed by atoms with Crippen LogP contribution in [0.2, 0.25) is 5.02 Å². The van der Waals surface area contributed by atoms with Gasteiger partial charge < -0.3 is 15.4 Å². The Kier molecular flexibility index (Phi) is 6.04.